The molecule has 3 amide bonds. The van der Waals surface area contributed by atoms with Crippen LogP contribution in [-0.4, -0.2) is 47.9 Å². The van der Waals surface area contributed by atoms with Gasteiger partial charge in [0.05, 0.1) is 0 Å². The maximum atomic E-state index is 13.3. The van der Waals surface area contributed by atoms with E-state index in [1.54, 1.807) is 17.0 Å². The van der Waals surface area contributed by atoms with E-state index in [1.165, 1.54) is 18.6 Å². The highest BCUT2D eigenvalue weighted by Gasteiger charge is 2.25. The van der Waals surface area contributed by atoms with Crippen LogP contribution in [0, 0.1) is 11.7 Å². The molecule has 0 spiro atoms. The molecule has 142 valence electrons. The molecule has 5 nitrogen and oxygen atoms in total. The van der Waals surface area contributed by atoms with Crippen LogP contribution in [0.2, 0.25) is 0 Å². The summed E-state index contributed by atoms with van der Waals surface area (Å²) in [6, 6.07) is 5.74. The van der Waals surface area contributed by atoms with Crippen LogP contribution in [-0.2, 0) is 4.79 Å². The van der Waals surface area contributed by atoms with Crippen LogP contribution in [0.4, 0.5) is 14.9 Å². The lowest BCUT2D eigenvalue weighted by Crippen LogP contribution is -2.42. The molecular weight excluding hydrogens is 333 g/mol. The summed E-state index contributed by atoms with van der Waals surface area (Å²) < 4.78 is 13.3. The minimum Gasteiger partial charge on any atom is -0.343 e. The number of likely N-dealkylation sites (tertiary alicyclic amines) is 2. The molecule has 1 aromatic rings. The highest BCUT2D eigenvalue weighted by Crippen LogP contribution is 2.23. The monoisotopic (exact) mass is 361 g/mol. The van der Waals surface area contributed by atoms with Crippen LogP contribution in [0.15, 0.2) is 24.3 Å². The Balaban J connectivity index is 1.46. The van der Waals surface area contributed by atoms with E-state index in [1.807, 2.05) is 4.90 Å². The molecule has 2 aliphatic heterocycles. The Kier molecular flexibility index (Phi) is 6.47. The lowest BCUT2D eigenvalue weighted by atomic mass is 9.93. The van der Waals surface area contributed by atoms with Crippen molar-refractivity contribution in [3.8, 4) is 0 Å². The molecule has 1 aromatic carbocycles. The number of halogens is 1. The number of amides is 3. The summed E-state index contributed by atoms with van der Waals surface area (Å²) in [6.07, 6.45) is 6.85. The maximum absolute atomic E-state index is 13.3. The molecule has 2 saturated heterocycles. The normalized spacial score (nSPS) is 20.7. The van der Waals surface area contributed by atoms with Crippen LogP contribution in [0.3, 0.4) is 0 Å². The van der Waals surface area contributed by atoms with Gasteiger partial charge in [0.2, 0.25) is 5.91 Å². The van der Waals surface area contributed by atoms with Gasteiger partial charge in [-0.25, -0.2) is 9.18 Å². The number of carbonyl (C=O) groups is 2. The summed E-state index contributed by atoms with van der Waals surface area (Å²) in [5.41, 5.74) is 0.470. The van der Waals surface area contributed by atoms with Crippen molar-refractivity contribution in [3.63, 3.8) is 0 Å². The minimum absolute atomic E-state index is 0.192. The molecule has 6 heteroatoms. The first kappa shape index (κ1) is 18.7. The van der Waals surface area contributed by atoms with E-state index in [4.69, 9.17) is 0 Å². The van der Waals surface area contributed by atoms with Gasteiger partial charge in [-0.05, 0) is 62.6 Å². The number of nitrogens with zero attached hydrogens (tertiary/aromatic N) is 2. The largest absolute Gasteiger partial charge is 0.343 e. The van der Waals surface area contributed by atoms with Gasteiger partial charge in [0, 0.05) is 38.3 Å². The summed E-state index contributed by atoms with van der Waals surface area (Å²) in [6.45, 7) is 3.16. The van der Waals surface area contributed by atoms with Crippen molar-refractivity contribution >= 4 is 17.6 Å². The van der Waals surface area contributed by atoms with Gasteiger partial charge in [-0.2, -0.15) is 0 Å². The Morgan fingerprint density at radius 3 is 2.62 bits per heavy atom. The third kappa shape index (κ3) is 5.19. The lowest BCUT2D eigenvalue weighted by Gasteiger charge is -2.33. The fourth-order valence-electron chi connectivity index (χ4n) is 3.88. The predicted molar refractivity (Wildman–Crippen MR) is 99.4 cm³/mol. The Labute approximate surface area is 154 Å². The first-order chi connectivity index (χ1) is 12.6. The number of urea groups is 1. The molecule has 3 rings (SSSR count). The van der Waals surface area contributed by atoms with Crippen molar-refractivity contribution in [1.82, 2.24) is 9.80 Å². The molecule has 2 aliphatic rings. The van der Waals surface area contributed by atoms with E-state index in [0.29, 0.717) is 31.1 Å². The Morgan fingerprint density at radius 2 is 1.85 bits per heavy atom. The number of benzene rings is 1. The number of hydrogen-bond acceptors (Lipinski definition) is 2. The lowest BCUT2D eigenvalue weighted by molar-refractivity contribution is -0.132. The topological polar surface area (TPSA) is 52.7 Å². The van der Waals surface area contributed by atoms with Gasteiger partial charge in [0.1, 0.15) is 5.82 Å². The molecule has 0 aromatic heterocycles. The fraction of sp³-hybridized carbons (Fsp3) is 0.600. The minimum atomic E-state index is -0.365. The van der Waals surface area contributed by atoms with Gasteiger partial charge in [-0.3, -0.25) is 4.79 Å². The quantitative estimate of drug-likeness (QED) is 0.885. The molecule has 0 unspecified atom stereocenters. The summed E-state index contributed by atoms with van der Waals surface area (Å²) in [7, 11) is 0. The van der Waals surface area contributed by atoms with Gasteiger partial charge in [-0.15, -0.1) is 0 Å². The van der Waals surface area contributed by atoms with Gasteiger partial charge in [-0.1, -0.05) is 6.07 Å². The first-order valence-electron chi connectivity index (χ1n) is 9.71. The Hall–Kier alpha value is -2.11. The molecule has 1 atom stereocenters. The summed E-state index contributed by atoms with van der Waals surface area (Å²) in [5.74, 6) is 0.248. The van der Waals surface area contributed by atoms with E-state index >= 15 is 0 Å². The second-order valence-corrected chi connectivity index (χ2v) is 7.37. The van der Waals surface area contributed by atoms with E-state index in [9.17, 15) is 14.0 Å². The number of rotatable bonds is 4. The van der Waals surface area contributed by atoms with Crippen molar-refractivity contribution in [2.45, 2.75) is 44.9 Å². The highest BCUT2D eigenvalue weighted by atomic mass is 19.1. The van der Waals surface area contributed by atoms with E-state index in [2.05, 4.69) is 5.32 Å². The molecule has 0 radical (unpaired) electrons. The Morgan fingerprint density at radius 1 is 1.08 bits per heavy atom. The molecule has 0 aliphatic carbocycles. The molecule has 0 bridgehead atoms. The molecule has 26 heavy (non-hydrogen) atoms. The second-order valence-electron chi connectivity index (χ2n) is 7.37. The standard InChI is InChI=1S/C20H28FN3O2/c21-17-7-4-8-18(14-17)22-20(26)24-13-5-6-16(15-24)9-10-19(25)23-11-2-1-3-12-23/h4,7-8,14,16H,1-3,5-6,9-13,15H2,(H,22,26)/t16-/m0/s1. The smallest absolute Gasteiger partial charge is 0.321 e. The summed E-state index contributed by atoms with van der Waals surface area (Å²) in [5, 5.41) is 2.76. The van der Waals surface area contributed by atoms with Crippen LogP contribution >= 0.6 is 0 Å². The summed E-state index contributed by atoms with van der Waals surface area (Å²) in [4.78, 5) is 28.5. The Bertz CT molecular complexity index is 631. The number of hydrogen-bond donors (Lipinski definition) is 1. The average molecular weight is 361 g/mol. The van der Waals surface area contributed by atoms with E-state index in [-0.39, 0.29) is 17.8 Å². The zero-order chi connectivity index (χ0) is 18.4. The van der Waals surface area contributed by atoms with Crippen molar-refractivity contribution in [1.29, 1.82) is 0 Å². The molecular formula is C20H28FN3O2. The zero-order valence-corrected chi connectivity index (χ0v) is 15.3. The molecule has 2 heterocycles. The molecule has 2 fully saturated rings. The predicted octanol–water partition coefficient (Wildman–Crippen LogP) is 3.86. The van der Waals surface area contributed by atoms with Gasteiger partial charge >= 0.3 is 6.03 Å². The molecule has 1 N–H and O–H groups in total. The van der Waals surface area contributed by atoms with Gasteiger partial charge in [0.15, 0.2) is 0 Å². The third-order valence-electron chi connectivity index (χ3n) is 5.36. The number of anilines is 1. The van der Waals surface area contributed by atoms with Crippen molar-refractivity contribution in [2.24, 2.45) is 5.92 Å². The van der Waals surface area contributed by atoms with Crippen LogP contribution in [0.5, 0.6) is 0 Å². The molecule has 0 saturated carbocycles. The van der Waals surface area contributed by atoms with Crippen LogP contribution in [0.1, 0.15) is 44.9 Å². The average Bonchev–Trinajstić information content (AvgIpc) is 2.67. The van der Waals surface area contributed by atoms with Crippen molar-refractivity contribution in [2.75, 3.05) is 31.5 Å². The number of nitrogens with one attached hydrogen (secondary N) is 1. The fourth-order valence-corrected chi connectivity index (χ4v) is 3.88. The van der Waals surface area contributed by atoms with E-state index in [0.717, 1.165) is 45.2 Å². The number of piperidine rings is 2. The van der Waals surface area contributed by atoms with Gasteiger partial charge in [0.25, 0.3) is 0 Å². The number of carbonyl (C=O) groups excluding carboxylic acids is 2. The van der Waals surface area contributed by atoms with Crippen molar-refractivity contribution < 1.29 is 14.0 Å². The second kappa shape index (κ2) is 9.01. The third-order valence-corrected chi connectivity index (χ3v) is 5.36. The summed E-state index contributed by atoms with van der Waals surface area (Å²) >= 11 is 0. The van der Waals surface area contributed by atoms with Gasteiger partial charge < -0.3 is 15.1 Å². The zero-order valence-electron chi connectivity index (χ0n) is 15.3. The maximum Gasteiger partial charge on any atom is 0.321 e. The SMILES string of the molecule is O=C(CC[C@@H]1CCCN(C(=O)Nc2cccc(F)c2)C1)N1CCCCC1. The van der Waals surface area contributed by atoms with Crippen LogP contribution in [0.25, 0.3) is 0 Å². The first-order valence-corrected chi connectivity index (χ1v) is 9.71. The van der Waals surface area contributed by atoms with Crippen LogP contribution < -0.4 is 5.32 Å². The van der Waals surface area contributed by atoms with E-state index < -0.39 is 0 Å². The highest BCUT2D eigenvalue weighted by molar-refractivity contribution is 5.89. The van der Waals surface area contributed by atoms with Crippen molar-refractivity contribution in [3.05, 3.63) is 30.1 Å².